The van der Waals surface area contributed by atoms with Crippen LogP contribution in [-0.2, 0) is 16.0 Å². The number of aryl methyl sites for hydroxylation is 1. The Labute approximate surface area is 144 Å². The molecule has 0 aliphatic carbocycles. The number of carboxylic acids is 1. The van der Waals surface area contributed by atoms with E-state index in [9.17, 15) is 19.1 Å². The molecular formula is C18H19FN2O4. The van der Waals surface area contributed by atoms with Gasteiger partial charge in [0.25, 0.3) is 0 Å². The number of carbonyl (C=O) groups excluding carboxylic acids is 1. The maximum absolute atomic E-state index is 13.8. The normalized spacial score (nSPS) is 17.5. The lowest BCUT2D eigenvalue weighted by atomic mass is 10.0. The molecule has 1 atom stereocenters. The highest BCUT2D eigenvalue weighted by Gasteiger charge is 2.31. The summed E-state index contributed by atoms with van der Waals surface area (Å²) in [5.41, 5.74) is 0.314. The number of carbonyl (C=O) groups is 2. The standard InChI is InChI=1S/C18H19FN2O4/c19-13-6-2-1-5-12(13)15-11-20-16(25-15)8-9-17(22)21-10-4-3-7-14(21)18(23)24/h1-2,5-6,11,14H,3-4,7-10H2,(H,23,24)/t14-/m1/s1. The number of halogens is 1. The Bertz CT molecular complexity index is 774. The number of amides is 1. The summed E-state index contributed by atoms with van der Waals surface area (Å²) in [5.74, 6) is -0.958. The molecule has 1 aromatic heterocycles. The van der Waals surface area contributed by atoms with Gasteiger partial charge in [-0.2, -0.15) is 0 Å². The second-order valence-electron chi connectivity index (χ2n) is 6.04. The number of aromatic nitrogens is 1. The number of piperidine rings is 1. The zero-order chi connectivity index (χ0) is 17.8. The minimum atomic E-state index is -0.967. The summed E-state index contributed by atoms with van der Waals surface area (Å²) in [7, 11) is 0. The van der Waals surface area contributed by atoms with Gasteiger partial charge in [0.15, 0.2) is 11.7 Å². The van der Waals surface area contributed by atoms with Gasteiger partial charge in [-0.15, -0.1) is 0 Å². The lowest BCUT2D eigenvalue weighted by Gasteiger charge is -2.32. The first kappa shape index (κ1) is 17.1. The molecule has 0 spiro atoms. The van der Waals surface area contributed by atoms with Gasteiger partial charge in [-0.25, -0.2) is 14.2 Å². The largest absolute Gasteiger partial charge is 0.480 e. The van der Waals surface area contributed by atoms with Crippen LogP contribution in [0.2, 0.25) is 0 Å². The molecule has 1 aliphatic rings. The van der Waals surface area contributed by atoms with Gasteiger partial charge in [0.2, 0.25) is 5.91 Å². The average molecular weight is 346 g/mol. The van der Waals surface area contributed by atoms with Gasteiger partial charge in [-0.1, -0.05) is 12.1 Å². The summed E-state index contributed by atoms with van der Waals surface area (Å²) >= 11 is 0. The molecule has 1 aliphatic heterocycles. The van der Waals surface area contributed by atoms with E-state index < -0.39 is 17.8 Å². The summed E-state index contributed by atoms with van der Waals surface area (Å²) in [6.45, 7) is 0.460. The molecule has 1 aromatic carbocycles. The Morgan fingerprint density at radius 3 is 2.88 bits per heavy atom. The maximum atomic E-state index is 13.8. The Morgan fingerprint density at radius 2 is 2.12 bits per heavy atom. The third kappa shape index (κ3) is 3.87. The summed E-state index contributed by atoms with van der Waals surface area (Å²) in [4.78, 5) is 29.1. The van der Waals surface area contributed by atoms with Crippen LogP contribution in [0, 0.1) is 5.82 Å². The van der Waals surface area contributed by atoms with Crippen molar-refractivity contribution in [2.45, 2.75) is 38.1 Å². The first-order valence-electron chi connectivity index (χ1n) is 8.28. The number of carboxylic acid groups (broad SMARTS) is 1. The van der Waals surface area contributed by atoms with Crippen molar-refractivity contribution in [3.05, 3.63) is 42.2 Å². The van der Waals surface area contributed by atoms with Gasteiger partial charge in [-0.05, 0) is 31.4 Å². The quantitative estimate of drug-likeness (QED) is 0.900. The molecule has 2 heterocycles. The predicted octanol–water partition coefficient (Wildman–Crippen LogP) is 2.88. The number of oxazole rings is 1. The number of aliphatic carboxylic acids is 1. The molecule has 0 saturated carbocycles. The van der Waals surface area contributed by atoms with E-state index in [1.165, 1.54) is 17.2 Å². The van der Waals surface area contributed by atoms with Crippen molar-refractivity contribution < 1.29 is 23.5 Å². The Kier molecular flexibility index (Phi) is 5.11. The van der Waals surface area contributed by atoms with Crippen molar-refractivity contribution in [1.29, 1.82) is 0 Å². The molecule has 3 rings (SSSR count). The fourth-order valence-corrected chi connectivity index (χ4v) is 3.06. The Morgan fingerprint density at radius 1 is 1.32 bits per heavy atom. The summed E-state index contributed by atoms with van der Waals surface area (Å²) < 4.78 is 19.3. The molecule has 2 aromatic rings. The molecule has 0 bridgehead atoms. The van der Waals surface area contributed by atoms with E-state index in [4.69, 9.17) is 4.42 Å². The fourth-order valence-electron chi connectivity index (χ4n) is 3.06. The monoisotopic (exact) mass is 346 g/mol. The lowest BCUT2D eigenvalue weighted by Crippen LogP contribution is -2.48. The van der Waals surface area contributed by atoms with Crippen LogP contribution in [0.5, 0.6) is 0 Å². The van der Waals surface area contributed by atoms with E-state index in [-0.39, 0.29) is 18.7 Å². The van der Waals surface area contributed by atoms with E-state index in [0.29, 0.717) is 30.2 Å². The molecule has 7 heteroatoms. The van der Waals surface area contributed by atoms with Crippen molar-refractivity contribution in [2.24, 2.45) is 0 Å². The number of nitrogens with zero attached hydrogens (tertiary/aromatic N) is 2. The second kappa shape index (κ2) is 7.46. The first-order valence-corrected chi connectivity index (χ1v) is 8.28. The molecule has 25 heavy (non-hydrogen) atoms. The zero-order valence-corrected chi connectivity index (χ0v) is 13.7. The van der Waals surface area contributed by atoms with Gasteiger partial charge < -0.3 is 14.4 Å². The topological polar surface area (TPSA) is 83.6 Å². The van der Waals surface area contributed by atoms with Gasteiger partial charge in [0.1, 0.15) is 11.9 Å². The molecule has 0 radical (unpaired) electrons. The number of hydrogen-bond acceptors (Lipinski definition) is 4. The van der Waals surface area contributed by atoms with Crippen LogP contribution in [0.25, 0.3) is 11.3 Å². The highest BCUT2D eigenvalue weighted by molar-refractivity contribution is 5.84. The highest BCUT2D eigenvalue weighted by Crippen LogP contribution is 2.24. The van der Waals surface area contributed by atoms with Crippen molar-refractivity contribution in [3.63, 3.8) is 0 Å². The summed E-state index contributed by atoms with van der Waals surface area (Å²) in [5, 5.41) is 9.24. The molecule has 1 N–H and O–H groups in total. The SMILES string of the molecule is O=C(O)[C@H]1CCCCN1C(=O)CCc1ncc(-c2ccccc2F)o1. The van der Waals surface area contributed by atoms with E-state index in [2.05, 4.69) is 4.98 Å². The van der Waals surface area contributed by atoms with Crippen LogP contribution >= 0.6 is 0 Å². The van der Waals surface area contributed by atoms with Crippen LogP contribution in [0.4, 0.5) is 4.39 Å². The molecular weight excluding hydrogens is 327 g/mol. The van der Waals surface area contributed by atoms with E-state index in [0.717, 1.165) is 12.8 Å². The van der Waals surface area contributed by atoms with Crippen LogP contribution in [-0.4, -0.2) is 39.5 Å². The van der Waals surface area contributed by atoms with Crippen LogP contribution < -0.4 is 0 Å². The third-order valence-corrected chi connectivity index (χ3v) is 4.35. The van der Waals surface area contributed by atoms with Crippen LogP contribution in [0.1, 0.15) is 31.6 Å². The van der Waals surface area contributed by atoms with Gasteiger partial charge >= 0.3 is 5.97 Å². The first-order chi connectivity index (χ1) is 12.1. The molecule has 1 fully saturated rings. The van der Waals surface area contributed by atoms with Crippen molar-refractivity contribution in [1.82, 2.24) is 9.88 Å². The van der Waals surface area contributed by atoms with Crippen molar-refractivity contribution in [3.8, 4) is 11.3 Å². The van der Waals surface area contributed by atoms with E-state index in [1.54, 1.807) is 18.2 Å². The third-order valence-electron chi connectivity index (χ3n) is 4.35. The van der Waals surface area contributed by atoms with E-state index >= 15 is 0 Å². The number of benzene rings is 1. The smallest absolute Gasteiger partial charge is 0.326 e. The minimum absolute atomic E-state index is 0.112. The van der Waals surface area contributed by atoms with Crippen LogP contribution in [0.3, 0.4) is 0 Å². The highest BCUT2D eigenvalue weighted by atomic mass is 19.1. The Hall–Kier alpha value is -2.70. The fraction of sp³-hybridized carbons (Fsp3) is 0.389. The number of likely N-dealkylation sites (tertiary alicyclic amines) is 1. The predicted molar refractivity (Wildman–Crippen MR) is 87.2 cm³/mol. The molecule has 132 valence electrons. The zero-order valence-electron chi connectivity index (χ0n) is 13.7. The van der Waals surface area contributed by atoms with Gasteiger partial charge in [-0.3, -0.25) is 4.79 Å². The number of hydrogen-bond donors (Lipinski definition) is 1. The van der Waals surface area contributed by atoms with Gasteiger partial charge in [0, 0.05) is 19.4 Å². The molecule has 0 unspecified atom stereocenters. The molecule has 1 saturated heterocycles. The summed E-state index contributed by atoms with van der Waals surface area (Å²) in [6.07, 6.45) is 3.90. The minimum Gasteiger partial charge on any atom is -0.480 e. The van der Waals surface area contributed by atoms with Crippen molar-refractivity contribution in [2.75, 3.05) is 6.54 Å². The van der Waals surface area contributed by atoms with E-state index in [1.807, 2.05) is 0 Å². The van der Waals surface area contributed by atoms with Gasteiger partial charge in [0.05, 0.1) is 11.8 Å². The second-order valence-corrected chi connectivity index (χ2v) is 6.04. The molecule has 6 nitrogen and oxygen atoms in total. The molecule has 1 amide bonds. The lowest BCUT2D eigenvalue weighted by molar-refractivity contribution is -0.152. The Balaban J connectivity index is 1.63. The van der Waals surface area contributed by atoms with Crippen molar-refractivity contribution >= 4 is 11.9 Å². The van der Waals surface area contributed by atoms with Crippen LogP contribution in [0.15, 0.2) is 34.9 Å². The number of rotatable bonds is 5. The average Bonchev–Trinajstić information content (AvgIpc) is 3.08. The maximum Gasteiger partial charge on any atom is 0.326 e. The summed E-state index contributed by atoms with van der Waals surface area (Å²) in [6, 6.07) is 5.47.